The Hall–Kier alpha value is -3.92. The highest BCUT2D eigenvalue weighted by Gasteiger charge is 2.41. The molecule has 0 saturated carbocycles. The Morgan fingerprint density at radius 1 is 1.03 bits per heavy atom. The summed E-state index contributed by atoms with van der Waals surface area (Å²) in [6, 6.07) is 13.3. The van der Waals surface area contributed by atoms with E-state index in [1.54, 1.807) is 6.20 Å². The zero-order valence-corrected chi connectivity index (χ0v) is 18.4. The van der Waals surface area contributed by atoms with Crippen molar-refractivity contribution in [3.63, 3.8) is 0 Å². The number of nitrogens with two attached hydrogens (primary N) is 1. The molecule has 172 valence electrons. The second-order valence-corrected chi connectivity index (χ2v) is 8.77. The second kappa shape index (κ2) is 7.84. The van der Waals surface area contributed by atoms with Crippen molar-refractivity contribution in [3.8, 4) is 28.5 Å². The Kier molecular flexibility index (Phi) is 4.77. The lowest BCUT2D eigenvalue weighted by Gasteiger charge is -2.33. The molecule has 8 nitrogen and oxygen atoms in total. The molecule has 6 rings (SSSR count). The van der Waals surface area contributed by atoms with Gasteiger partial charge in [0.05, 0.1) is 17.6 Å². The monoisotopic (exact) mass is 460 g/mol. The van der Waals surface area contributed by atoms with Crippen LogP contribution in [0.1, 0.15) is 6.42 Å². The Labute approximate surface area is 194 Å². The standard InChI is InChI=1S/C24H22F2N8/c1-32-11-17-9-16(32)12-33(17)15-7-5-14(6-8-15)19-10-28-23(27)22(30-19)24-31-29-13-34(24)20-4-2-3-18(25)21(20)26/h2-8,10,13,16-17H,9,11-12H2,1H3,(H2,27,28)/t16-,17-/m0/s1. The van der Waals surface area contributed by atoms with Crippen LogP contribution in [0.25, 0.3) is 28.5 Å². The minimum atomic E-state index is -1.01. The molecule has 34 heavy (non-hydrogen) atoms. The minimum absolute atomic E-state index is 0.0403. The van der Waals surface area contributed by atoms with Crippen LogP contribution in [0.15, 0.2) is 55.0 Å². The fourth-order valence-corrected chi connectivity index (χ4v) is 4.96. The first kappa shape index (κ1) is 20.7. The van der Waals surface area contributed by atoms with Crippen molar-refractivity contribution >= 4 is 11.5 Å². The highest BCUT2D eigenvalue weighted by molar-refractivity contribution is 5.71. The Morgan fingerprint density at radius 2 is 1.85 bits per heavy atom. The quantitative estimate of drug-likeness (QED) is 0.501. The SMILES string of the molecule is CN1C[C@@H]2C[C@H]1CN2c1ccc(-c2cnc(N)c(-c3nncn3-c3cccc(F)c3F)n2)cc1. The summed E-state index contributed by atoms with van der Waals surface area (Å²) in [6.07, 6.45) is 4.08. The van der Waals surface area contributed by atoms with E-state index in [-0.39, 0.29) is 23.0 Å². The Bertz CT molecular complexity index is 1370. The molecular weight excluding hydrogens is 438 g/mol. The van der Waals surface area contributed by atoms with Gasteiger partial charge in [0.25, 0.3) is 0 Å². The molecule has 2 saturated heterocycles. The smallest absolute Gasteiger partial charge is 0.190 e. The van der Waals surface area contributed by atoms with Gasteiger partial charge in [0.15, 0.2) is 29.0 Å². The molecule has 2 atom stereocenters. The Balaban J connectivity index is 1.33. The van der Waals surface area contributed by atoms with E-state index in [4.69, 9.17) is 5.73 Å². The number of rotatable bonds is 4. The van der Waals surface area contributed by atoms with Gasteiger partial charge in [-0.3, -0.25) is 9.47 Å². The number of likely N-dealkylation sites (N-methyl/N-ethyl adjacent to an activating group) is 1. The van der Waals surface area contributed by atoms with Gasteiger partial charge in [-0.25, -0.2) is 18.7 Å². The highest BCUT2D eigenvalue weighted by atomic mass is 19.2. The van der Waals surface area contributed by atoms with Crippen LogP contribution in [-0.4, -0.2) is 61.9 Å². The van der Waals surface area contributed by atoms with Gasteiger partial charge in [0, 0.05) is 36.4 Å². The molecular formula is C24H22F2N8. The fraction of sp³-hybridized carbons (Fsp3) is 0.250. The number of nitrogens with zero attached hydrogens (tertiary/aromatic N) is 7. The molecule has 0 unspecified atom stereocenters. The molecule has 2 aromatic carbocycles. The number of fused-ring (bicyclic) bond motifs is 2. The topological polar surface area (TPSA) is 89.0 Å². The van der Waals surface area contributed by atoms with E-state index in [0.717, 1.165) is 24.7 Å². The number of piperazine rings is 1. The lowest BCUT2D eigenvalue weighted by atomic mass is 10.1. The average molecular weight is 460 g/mol. The predicted molar refractivity (Wildman–Crippen MR) is 124 cm³/mol. The van der Waals surface area contributed by atoms with E-state index in [9.17, 15) is 8.78 Å². The lowest BCUT2D eigenvalue weighted by molar-refractivity contribution is 0.292. The lowest BCUT2D eigenvalue weighted by Crippen LogP contribution is -2.44. The number of aromatic nitrogens is 5. The zero-order valence-electron chi connectivity index (χ0n) is 18.4. The van der Waals surface area contributed by atoms with Crippen molar-refractivity contribution in [1.82, 2.24) is 29.6 Å². The third kappa shape index (κ3) is 3.29. The average Bonchev–Trinajstić information content (AvgIpc) is 3.57. The van der Waals surface area contributed by atoms with Crippen molar-refractivity contribution in [2.75, 3.05) is 30.8 Å². The third-order valence-corrected chi connectivity index (χ3v) is 6.76. The van der Waals surface area contributed by atoms with Crippen LogP contribution in [0.3, 0.4) is 0 Å². The van der Waals surface area contributed by atoms with Crippen molar-refractivity contribution < 1.29 is 8.78 Å². The molecule has 2 aliphatic rings. The van der Waals surface area contributed by atoms with Gasteiger partial charge in [0.2, 0.25) is 0 Å². The van der Waals surface area contributed by atoms with Crippen molar-refractivity contribution in [2.24, 2.45) is 0 Å². The Morgan fingerprint density at radius 3 is 2.59 bits per heavy atom. The molecule has 2 aromatic heterocycles. The molecule has 2 bridgehead atoms. The number of anilines is 2. The van der Waals surface area contributed by atoms with E-state index in [1.807, 2.05) is 12.1 Å². The summed E-state index contributed by atoms with van der Waals surface area (Å²) in [7, 11) is 2.19. The number of hydrogen-bond donors (Lipinski definition) is 1. The molecule has 0 aliphatic carbocycles. The first-order valence-electron chi connectivity index (χ1n) is 11.0. The van der Waals surface area contributed by atoms with E-state index in [0.29, 0.717) is 17.8 Å². The van der Waals surface area contributed by atoms with Gasteiger partial charge in [-0.05, 0) is 37.7 Å². The van der Waals surface area contributed by atoms with Crippen LogP contribution < -0.4 is 10.6 Å². The van der Waals surface area contributed by atoms with E-state index < -0.39 is 11.6 Å². The number of hydrogen-bond acceptors (Lipinski definition) is 7. The van der Waals surface area contributed by atoms with Crippen molar-refractivity contribution in [2.45, 2.75) is 18.5 Å². The van der Waals surface area contributed by atoms with Crippen LogP contribution >= 0.6 is 0 Å². The molecule has 0 amide bonds. The summed E-state index contributed by atoms with van der Waals surface area (Å²) in [6.45, 7) is 2.13. The number of halogens is 2. The summed E-state index contributed by atoms with van der Waals surface area (Å²) in [5.74, 6) is -1.69. The predicted octanol–water partition coefficient (Wildman–Crippen LogP) is 3.14. The minimum Gasteiger partial charge on any atom is -0.382 e. The molecule has 4 aromatic rings. The van der Waals surface area contributed by atoms with Gasteiger partial charge < -0.3 is 10.6 Å². The van der Waals surface area contributed by atoms with Crippen LogP contribution in [0.5, 0.6) is 0 Å². The van der Waals surface area contributed by atoms with Crippen LogP contribution in [0.4, 0.5) is 20.3 Å². The zero-order chi connectivity index (χ0) is 23.4. The fourth-order valence-electron chi connectivity index (χ4n) is 4.96. The summed E-state index contributed by atoms with van der Waals surface area (Å²) in [5, 5.41) is 7.91. The van der Waals surface area contributed by atoms with Crippen LogP contribution in [0, 0.1) is 11.6 Å². The highest BCUT2D eigenvalue weighted by Crippen LogP contribution is 2.35. The molecule has 0 radical (unpaired) electrons. The third-order valence-electron chi connectivity index (χ3n) is 6.76. The van der Waals surface area contributed by atoms with Gasteiger partial charge in [0.1, 0.15) is 6.33 Å². The molecule has 4 heterocycles. The normalized spacial score (nSPS) is 19.8. The maximum Gasteiger partial charge on any atom is 0.190 e. The first-order chi connectivity index (χ1) is 16.5. The summed E-state index contributed by atoms with van der Waals surface area (Å²) in [5.41, 5.74) is 8.93. The number of nitrogen functional groups attached to an aromatic ring is 1. The maximum absolute atomic E-state index is 14.4. The van der Waals surface area contributed by atoms with Gasteiger partial charge >= 0.3 is 0 Å². The molecule has 2 N–H and O–H groups in total. The van der Waals surface area contributed by atoms with Gasteiger partial charge in [-0.2, -0.15) is 0 Å². The van der Waals surface area contributed by atoms with E-state index in [1.165, 1.54) is 35.1 Å². The summed E-state index contributed by atoms with van der Waals surface area (Å²) < 4.78 is 29.5. The molecule has 0 spiro atoms. The van der Waals surface area contributed by atoms with E-state index in [2.05, 4.69) is 49.1 Å². The summed E-state index contributed by atoms with van der Waals surface area (Å²) in [4.78, 5) is 13.8. The maximum atomic E-state index is 14.4. The largest absolute Gasteiger partial charge is 0.382 e. The van der Waals surface area contributed by atoms with Crippen molar-refractivity contribution in [3.05, 3.63) is 66.6 Å². The van der Waals surface area contributed by atoms with E-state index >= 15 is 0 Å². The van der Waals surface area contributed by atoms with Crippen LogP contribution in [-0.2, 0) is 0 Å². The molecule has 2 fully saturated rings. The first-order valence-corrected chi connectivity index (χ1v) is 11.0. The van der Waals surface area contributed by atoms with Crippen LogP contribution in [0.2, 0.25) is 0 Å². The van der Waals surface area contributed by atoms with Gasteiger partial charge in [-0.1, -0.05) is 18.2 Å². The van der Waals surface area contributed by atoms with Gasteiger partial charge in [-0.15, -0.1) is 10.2 Å². The number of benzene rings is 2. The number of likely N-dealkylation sites (tertiary alicyclic amines) is 1. The molecule has 2 aliphatic heterocycles. The second-order valence-electron chi connectivity index (χ2n) is 8.77. The van der Waals surface area contributed by atoms with Crippen molar-refractivity contribution in [1.29, 1.82) is 0 Å². The molecule has 10 heteroatoms. The summed E-state index contributed by atoms with van der Waals surface area (Å²) >= 11 is 0.